The standard InChI is InChI=1S/C37H45ClN2O7/c1-5-45-34(43)37-21-26(37)12-9-7-6-8-10-15-30(39-35(44)47-36(2,3)4)33(42)40-23-24-16-17-29(46-28-14-11-13-27(38)20-28)18-25(24)19-31(40)32(41)22-37/h9,11-14,16-18,20,26,30-31H,5-8,10,15,19,21-23H2,1-4H3,(H,39,44)/b12-9-/t26-,30+,31?,37-/m1/s1. The Labute approximate surface area is 282 Å². The lowest BCUT2D eigenvalue weighted by Gasteiger charge is -2.39. The largest absolute Gasteiger partial charge is 0.466 e. The number of carbonyl (C=O) groups is 4. The predicted octanol–water partition coefficient (Wildman–Crippen LogP) is 7.33. The zero-order valence-corrected chi connectivity index (χ0v) is 28.4. The first-order valence-corrected chi connectivity index (χ1v) is 17.0. The molecule has 3 aliphatic rings. The highest BCUT2D eigenvalue weighted by atomic mass is 35.5. The number of hydrogen-bond acceptors (Lipinski definition) is 7. The van der Waals surface area contributed by atoms with Crippen molar-refractivity contribution in [2.75, 3.05) is 6.61 Å². The second-order valence-electron chi connectivity index (χ2n) is 13.8. The lowest BCUT2D eigenvalue weighted by atomic mass is 9.86. The van der Waals surface area contributed by atoms with Gasteiger partial charge in [-0.1, -0.05) is 48.7 Å². The van der Waals surface area contributed by atoms with Crippen molar-refractivity contribution in [1.82, 2.24) is 10.2 Å². The van der Waals surface area contributed by atoms with Gasteiger partial charge in [-0.25, -0.2) is 4.79 Å². The summed E-state index contributed by atoms with van der Waals surface area (Å²) >= 11 is 6.15. The normalized spacial score (nSPS) is 25.6. The van der Waals surface area contributed by atoms with Gasteiger partial charge in [-0.2, -0.15) is 0 Å². The van der Waals surface area contributed by atoms with Crippen LogP contribution in [0.1, 0.15) is 83.8 Å². The number of ketones is 1. The lowest BCUT2D eigenvalue weighted by molar-refractivity contribution is -0.153. The Morgan fingerprint density at radius 3 is 2.57 bits per heavy atom. The number of carbonyl (C=O) groups excluding carboxylic acids is 4. The van der Waals surface area contributed by atoms with Crippen LogP contribution in [0.5, 0.6) is 11.5 Å². The van der Waals surface area contributed by atoms with E-state index in [1.165, 1.54) is 0 Å². The SMILES string of the molecule is CCOC(=O)[C@]12CC(=O)C3Cc4cc(Oc5cccc(Cl)c5)ccc4CN3C(=O)[C@@H](NC(=O)OC(C)(C)C)CCCCC/C=C\[C@@H]1C2. The van der Waals surface area contributed by atoms with Gasteiger partial charge in [0.25, 0.3) is 0 Å². The summed E-state index contributed by atoms with van der Waals surface area (Å²) in [6, 6.07) is 11.0. The van der Waals surface area contributed by atoms with E-state index in [1.807, 2.05) is 24.3 Å². The zero-order chi connectivity index (χ0) is 33.8. The van der Waals surface area contributed by atoms with Crippen LogP contribution in [-0.2, 0) is 36.8 Å². The van der Waals surface area contributed by atoms with Crippen LogP contribution in [0.4, 0.5) is 4.79 Å². The minimum absolute atomic E-state index is 0.0342. The summed E-state index contributed by atoms with van der Waals surface area (Å²) in [5, 5.41) is 3.36. The van der Waals surface area contributed by atoms with E-state index in [-0.39, 0.29) is 49.6 Å². The van der Waals surface area contributed by atoms with Crippen molar-refractivity contribution >= 4 is 35.4 Å². The number of benzene rings is 2. The molecule has 0 saturated heterocycles. The molecule has 9 nitrogen and oxygen atoms in total. The summed E-state index contributed by atoms with van der Waals surface area (Å²) in [5.74, 6) is 0.147. The summed E-state index contributed by atoms with van der Waals surface area (Å²) in [6.07, 6.45) is 7.91. The Morgan fingerprint density at radius 1 is 1.04 bits per heavy atom. The van der Waals surface area contributed by atoms with Crippen LogP contribution in [0.3, 0.4) is 0 Å². The van der Waals surface area contributed by atoms with Gasteiger partial charge in [-0.05, 0) is 101 Å². The van der Waals surface area contributed by atoms with Crippen LogP contribution in [0.2, 0.25) is 5.02 Å². The summed E-state index contributed by atoms with van der Waals surface area (Å²) < 4.78 is 17.1. The summed E-state index contributed by atoms with van der Waals surface area (Å²) in [7, 11) is 0. The number of allylic oxidation sites excluding steroid dienone is 2. The van der Waals surface area contributed by atoms with Crippen LogP contribution in [0, 0.1) is 11.3 Å². The van der Waals surface area contributed by atoms with Gasteiger partial charge in [0, 0.05) is 24.4 Å². The van der Waals surface area contributed by atoms with E-state index < -0.39 is 29.2 Å². The first-order chi connectivity index (χ1) is 22.4. The highest BCUT2D eigenvalue weighted by molar-refractivity contribution is 6.30. The molecule has 2 amide bonds. The number of fused-ring (bicyclic) bond motifs is 3. The molecule has 5 rings (SSSR count). The number of esters is 1. The number of hydrogen-bond donors (Lipinski definition) is 1. The van der Waals surface area contributed by atoms with Crippen molar-refractivity contribution in [3.8, 4) is 11.5 Å². The number of rotatable bonds is 5. The molecule has 0 aromatic heterocycles. The number of alkyl carbamates (subject to hydrolysis) is 1. The van der Waals surface area contributed by atoms with Crippen LogP contribution >= 0.6 is 11.6 Å². The molecule has 2 aliphatic heterocycles. The topological polar surface area (TPSA) is 111 Å². The molecule has 1 aliphatic carbocycles. The number of nitrogens with one attached hydrogen (secondary N) is 1. The van der Waals surface area contributed by atoms with Gasteiger partial charge in [0.2, 0.25) is 5.91 Å². The van der Waals surface area contributed by atoms with Crippen molar-refractivity contribution in [3.05, 3.63) is 70.8 Å². The minimum Gasteiger partial charge on any atom is -0.466 e. The third-order valence-electron chi connectivity index (χ3n) is 9.02. The first kappa shape index (κ1) is 34.5. The molecule has 1 N–H and O–H groups in total. The summed E-state index contributed by atoms with van der Waals surface area (Å²) in [5.41, 5.74) is 0.0698. The van der Waals surface area contributed by atoms with Crippen molar-refractivity contribution in [2.24, 2.45) is 11.3 Å². The maximum atomic E-state index is 14.4. The second kappa shape index (κ2) is 14.5. The average molecular weight is 665 g/mol. The van der Waals surface area contributed by atoms with E-state index in [4.69, 9.17) is 25.8 Å². The van der Waals surface area contributed by atoms with Crippen molar-refractivity contribution in [1.29, 1.82) is 0 Å². The highest BCUT2D eigenvalue weighted by Crippen LogP contribution is 2.57. The molecular weight excluding hydrogens is 620 g/mol. The second-order valence-corrected chi connectivity index (χ2v) is 14.2. The smallest absolute Gasteiger partial charge is 0.408 e. The van der Waals surface area contributed by atoms with Gasteiger partial charge in [0.15, 0.2) is 5.78 Å². The van der Waals surface area contributed by atoms with Gasteiger partial charge >= 0.3 is 12.1 Å². The van der Waals surface area contributed by atoms with E-state index in [2.05, 4.69) is 17.5 Å². The van der Waals surface area contributed by atoms with Crippen LogP contribution in [0.25, 0.3) is 0 Å². The van der Waals surface area contributed by atoms with E-state index in [1.54, 1.807) is 50.8 Å². The molecule has 47 heavy (non-hydrogen) atoms. The number of halogens is 1. The summed E-state index contributed by atoms with van der Waals surface area (Å²) in [4.78, 5) is 56.5. The molecule has 0 bridgehead atoms. The number of Topliss-reactive ketones (excluding diaryl/α,β-unsaturated/α-hetero) is 1. The van der Waals surface area contributed by atoms with Crippen LogP contribution in [0.15, 0.2) is 54.6 Å². The fraction of sp³-hybridized carbons (Fsp3) is 0.514. The maximum Gasteiger partial charge on any atom is 0.408 e. The van der Waals surface area contributed by atoms with Crippen LogP contribution in [-0.4, -0.2) is 52.9 Å². The number of amides is 2. The third kappa shape index (κ3) is 8.55. The molecule has 1 fully saturated rings. The highest BCUT2D eigenvalue weighted by Gasteiger charge is 2.61. The van der Waals surface area contributed by atoms with Gasteiger partial charge in [-0.3, -0.25) is 14.4 Å². The summed E-state index contributed by atoms with van der Waals surface area (Å²) in [6.45, 7) is 7.45. The predicted molar refractivity (Wildman–Crippen MR) is 178 cm³/mol. The molecule has 4 atom stereocenters. The molecule has 0 radical (unpaired) electrons. The Balaban J connectivity index is 1.48. The van der Waals surface area contributed by atoms with Crippen LogP contribution < -0.4 is 10.1 Å². The van der Waals surface area contributed by atoms with E-state index in [0.717, 1.165) is 30.4 Å². The molecule has 2 aromatic rings. The Hall–Kier alpha value is -3.85. The van der Waals surface area contributed by atoms with E-state index >= 15 is 0 Å². The molecule has 2 heterocycles. The third-order valence-corrected chi connectivity index (χ3v) is 9.26. The van der Waals surface area contributed by atoms with E-state index in [0.29, 0.717) is 35.8 Å². The van der Waals surface area contributed by atoms with Crippen molar-refractivity contribution in [3.63, 3.8) is 0 Å². The average Bonchev–Trinajstić information content (AvgIpc) is 3.71. The maximum absolute atomic E-state index is 14.4. The fourth-order valence-corrected chi connectivity index (χ4v) is 6.74. The molecule has 252 valence electrons. The zero-order valence-electron chi connectivity index (χ0n) is 27.7. The molecule has 1 unspecified atom stereocenters. The monoisotopic (exact) mass is 664 g/mol. The Kier molecular flexibility index (Phi) is 10.6. The van der Waals surface area contributed by atoms with Crippen molar-refractivity contribution < 1.29 is 33.4 Å². The Morgan fingerprint density at radius 2 is 1.83 bits per heavy atom. The minimum atomic E-state index is -0.940. The molecule has 2 aromatic carbocycles. The Bertz CT molecular complexity index is 1530. The number of ether oxygens (including phenoxy) is 3. The van der Waals surface area contributed by atoms with Gasteiger partial charge in [-0.15, -0.1) is 0 Å². The molecular formula is C37H45ClN2O7. The number of nitrogens with zero attached hydrogens (tertiary/aromatic N) is 1. The molecule has 1 saturated carbocycles. The lowest BCUT2D eigenvalue weighted by Crippen LogP contribution is -2.56. The quantitative estimate of drug-likeness (QED) is 0.263. The van der Waals surface area contributed by atoms with Gasteiger partial charge < -0.3 is 24.4 Å². The van der Waals surface area contributed by atoms with E-state index in [9.17, 15) is 19.2 Å². The van der Waals surface area contributed by atoms with Crippen molar-refractivity contribution in [2.45, 2.75) is 103 Å². The fourth-order valence-electron chi connectivity index (χ4n) is 6.56. The molecule has 0 spiro atoms. The molecule has 10 heteroatoms. The first-order valence-electron chi connectivity index (χ1n) is 16.6. The van der Waals surface area contributed by atoms with Gasteiger partial charge in [0.05, 0.1) is 18.1 Å². The van der Waals surface area contributed by atoms with Gasteiger partial charge in [0.1, 0.15) is 23.1 Å².